The van der Waals surface area contributed by atoms with Crippen LogP contribution in [-0.4, -0.2) is 29.9 Å². The molecule has 3 rings (SSSR count). The lowest BCUT2D eigenvalue weighted by Gasteiger charge is -2.36. The summed E-state index contributed by atoms with van der Waals surface area (Å²) in [6.07, 6.45) is 1.37. The first-order valence-corrected chi connectivity index (χ1v) is 8.18. The van der Waals surface area contributed by atoms with Crippen molar-refractivity contribution in [2.45, 2.75) is 59.2 Å². The number of hydrogen-bond donors (Lipinski definition) is 0. The van der Waals surface area contributed by atoms with Crippen LogP contribution in [0, 0.1) is 29.1 Å². The molecule has 1 heterocycles. The van der Waals surface area contributed by atoms with E-state index < -0.39 is 17.5 Å². The molecule has 3 aliphatic rings. The Bertz CT molecular complexity index is 527. The fraction of sp³-hybridized carbons (Fsp3) is 0.824. The van der Waals surface area contributed by atoms with Gasteiger partial charge in [-0.25, -0.2) is 0 Å². The van der Waals surface area contributed by atoms with Gasteiger partial charge in [-0.15, -0.1) is 0 Å². The first kappa shape index (κ1) is 15.5. The van der Waals surface area contributed by atoms with Crippen molar-refractivity contribution in [1.82, 2.24) is 0 Å². The Kier molecular flexibility index (Phi) is 3.57. The number of Topliss-reactive ketones (excluding diaryl/α,β-unsaturated/α-hetero) is 1. The van der Waals surface area contributed by atoms with Crippen LogP contribution in [0.1, 0.15) is 47.0 Å². The number of ether oxygens (including phenoxy) is 2. The van der Waals surface area contributed by atoms with Crippen LogP contribution in [0.2, 0.25) is 0 Å². The van der Waals surface area contributed by atoms with Crippen LogP contribution in [0.4, 0.5) is 0 Å². The second kappa shape index (κ2) is 5.07. The van der Waals surface area contributed by atoms with Gasteiger partial charge in [0.25, 0.3) is 0 Å². The van der Waals surface area contributed by atoms with Gasteiger partial charge in [-0.3, -0.25) is 14.4 Å². The summed E-state index contributed by atoms with van der Waals surface area (Å²) in [5.41, 5.74) is -0.735. The van der Waals surface area contributed by atoms with E-state index in [9.17, 15) is 14.4 Å². The molecule has 7 unspecified atom stereocenters. The Morgan fingerprint density at radius 3 is 2.59 bits per heavy atom. The van der Waals surface area contributed by atoms with Gasteiger partial charge in [-0.05, 0) is 38.0 Å². The van der Waals surface area contributed by atoms with Crippen LogP contribution < -0.4 is 0 Å². The summed E-state index contributed by atoms with van der Waals surface area (Å²) in [4.78, 5) is 36.3. The van der Waals surface area contributed by atoms with Crippen molar-refractivity contribution >= 4 is 17.7 Å². The van der Waals surface area contributed by atoms with Gasteiger partial charge in [0.15, 0.2) is 11.9 Å². The van der Waals surface area contributed by atoms with E-state index in [4.69, 9.17) is 9.47 Å². The Hall–Kier alpha value is -1.39. The maximum absolute atomic E-state index is 13.0. The average molecular weight is 308 g/mol. The van der Waals surface area contributed by atoms with Gasteiger partial charge in [-0.2, -0.15) is 0 Å². The Morgan fingerprint density at radius 1 is 1.27 bits per heavy atom. The summed E-state index contributed by atoms with van der Waals surface area (Å²) in [5.74, 6) is -0.326. The van der Waals surface area contributed by atoms with Gasteiger partial charge in [0.05, 0.1) is 11.3 Å². The third kappa shape index (κ3) is 2.01. The molecule has 0 spiro atoms. The van der Waals surface area contributed by atoms with Crippen molar-refractivity contribution in [2.24, 2.45) is 29.1 Å². The van der Waals surface area contributed by atoms with E-state index in [2.05, 4.69) is 6.92 Å². The van der Waals surface area contributed by atoms with E-state index in [1.54, 1.807) is 0 Å². The largest absolute Gasteiger partial charge is 0.461 e. The second-order valence-corrected chi connectivity index (χ2v) is 7.45. The Balaban J connectivity index is 1.99. The van der Waals surface area contributed by atoms with Crippen LogP contribution in [-0.2, 0) is 23.9 Å². The zero-order valence-corrected chi connectivity index (χ0v) is 13.6. The highest BCUT2D eigenvalue weighted by Crippen LogP contribution is 2.57. The van der Waals surface area contributed by atoms with Crippen molar-refractivity contribution in [3.8, 4) is 0 Å². The number of hydrogen-bond acceptors (Lipinski definition) is 5. The first-order valence-electron chi connectivity index (χ1n) is 8.18. The lowest BCUT2D eigenvalue weighted by atomic mass is 9.68. The Morgan fingerprint density at radius 2 is 1.95 bits per heavy atom. The number of carbonyl (C=O) groups excluding carboxylic acids is 3. The number of esters is 2. The Labute approximate surface area is 130 Å². The molecule has 0 amide bonds. The zero-order chi connectivity index (χ0) is 16.2. The highest BCUT2D eigenvalue weighted by atomic mass is 16.6. The predicted molar refractivity (Wildman–Crippen MR) is 77.7 cm³/mol. The van der Waals surface area contributed by atoms with Gasteiger partial charge < -0.3 is 9.47 Å². The molecule has 0 aromatic rings. The fourth-order valence-corrected chi connectivity index (χ4v) is 4.97. The lowest BCUT2D eigenvalue weighted by molar-refractivity contribution is -0.159. The maximum atomic E-state index is 13.0. The summed E-state index contributed by atoms with van der Waals surface area (Å²) < 4.78 is 10.9. The molecule has 22 heavy (non-hydrogen) atoms. The monoisotopic (exact) mass is 308 g/mol. The molecule has 5 heteroatoms. The summed E-state index contributed by atoms with van der Waals surface area (Å²) in [7, 11) is 0. The molecule has 2 saturated carbocycles. The van der Waals surface area contributed by atoms with Gasteiger partial charge in [0.1, 0.15) is 6.10 Å². The molecule has 3 fully saturated rings. The van der Waals surface area contributed by atoms with Crippen molar-refractivity contribution in [3.05, 3.63) is 0 Å². The van der Waals surface area contributed by atoms with E-state index in [-0.39, 0.29) is 35.6 Å². The third-order valence-corrected chi connectivity index (χ3v) is 6.25. The molecule has 0 aromatic carbocycles. The smallest absolute Gasteiger partial charge is 0.309 e. The highest BCUT2D eigenvalue weighted by molar-refractivity contribution is 5.94. The molecular weight excluding hydrogens is 284 g/mol. The summed E-state index contributed by atoms with van der Waals surface area (Å²) in [6, 6.07) is 0. The van der Waals surface area contributed by atoms with Crippen LogP contribution in [0.15, 0.2) is 0 Å². The number of rotatable bonds is 1. The van der Waals surface area contributed by atoms with Crippen molar-refractivity contribution in [3.63, 3.8) is 0 Å². The molecule has 0 N–H and O–H groups in total. The summed E-state index contributed by atoms with van der Waals surface area (Å²) >= 11 is 0. The SMILES string of the molecule is CC(=O)OC1CC2C(C)CCC3C(C)C(=O)OC3C2(C)C1=O. The maximum Gasteiger partial charge on any atom is 0.309 e. The van der Waals surface area contributed by atoms with E-state index >= 15 is 0 Å². The standard InChI is InChI=1S/C17H24O5/c1-8-5-6-11-9(2)16(20)22-15(11)17(4)12(8)7-13(14(17)19)21-10(3)18/h8-9,11-13,15H,5-7H2,1-4H3. The lowest BCUT2D eigenvalue weighted by Crippen LogP contribution is -2.46. The first-order chi connectivity index (χ1) is 10.3. The summed E-state index contributed by atoms with van der Waals surface area (Å²) in [5, 5.41) is 0. The van der Waals surface area contributed by atoms with Crippen LogP contribution in [0.3, 0.4) is 0 Å². The summed E-state index contributed by atoms with van der Waals surface area (Å²) in [6.45, 7) is 7.28. The molecule has 1 saturated heterocycles. The topological polar surface area (TPSA) is 69.7 Å². The molecule has 0 bridgehead atoms. The van der Waals surface area contributed by atoms with Crippen molar-refractivity contribution in [1.29, 1.82) is 0 Å². The van der Waals surface area contributed by atoms with Crippen LogP contribution >= 0.6 is 0 Å². The second-order valence-electron chi connectivity index (χ2n) is 7.45. The molecule has 122 valence electrons. The highest BCUT2D eigenvalue weighted by Gasteiger charge is 2.65. The molecule has 7 atom stereocenters. The molecule has 2 aliphatic carbocycles. The molecule has 0 aromatic heterocycles. The van der Waals surface area contributed by atoms with E-state index in [0.29, 0.717) is 12.3 Å². The molecule has 0 radical (unpaired) electrons. The predicted octanol–water partition coefficient (Wildman–Crippen LogP) is 2.12. The van der Waals surface area contributed by atoms with Crippen molar-refractivity contribution in [2.75, 3.05) is 0 Å². The fourth-order valence-electron chi connectivity index (χ4n) is 4.97. The minimum absolute atomic E-state index is 0.0710. The quantitative estimate of drug-likeness (QED) is 0.694. The average Bonchev–Trinajstić information content (AvgIpc) is 2.83. The van der Waals surface area contributed by atoms with E-state index in [0.717, 1.165) is 12.8 Å². The van der Waals surface area contributed by atoms with Crippen LogP contribution in [0.5, 0.6) is 0 Å². The molecular formula is C17H24O5. The minimum atomic E-state index is -0.735. The van der Waals surface area contributed by atoms with Gasteiger partial charge in [-0.1, -0.05) is 13.8 Å². The van der Waals surface area contributed by atoms with Crippen LogP contribution in [0.25, 0.3) is 0 Å². The molecule has 1 aliphatic heterocycles. The number of fused-ring (bicyclic) bond motifs is 3. The normalized spacial score (nSPS) is 47.5. The number of carbonyl (C=O) groups is 3. The van der Waals surface area contributed by atoms with Gasteiger partial charge in [0.2, 0.25) is 0 Å². The minimum Gasteiger partial charge on any atom is -0.461 e. The third-order valence-electron chi connectivity index (χ3n) is 6.25. The number of ketones is 1. The van der Waals surface area contributed by atoms with Crippen molar-refractivity contribution < 1.29 is 23.9 Å². The zero-order valence-electron chi connectivity index (χ0n) is 13.6. The van der Waals surface area contributed by atoms with E-state index in [1.165, 1.54) is 6.92 Å². The van der Waals surface area contributed by atoms with Gasteiger partial charge in [0, 0.05) is 12.8 Å². The molecule has 5 nitrogen and oxygen atoms in total. The van der Waals surface area contributed by atoms with Gasteiger partial charge >= 0.3 is 11.9 Å². The van der Waals surface area contributed by atoms with E-state index in [1.807, 2.05) is 13.8 Å².